The minimum absolute atomic E-state index is 0.112. The number of hydrogen-bond donors (Lipinski definition) is 2. The molecule has 7 heteroatoms. The molecule has 1 saturated heterocycles. The van der Waals surface area contributed by atoms with Crippen LogP contribution in [0, 0.1) is 10.5 Å². The highest BCUT2D eigenvalue weighted by Gasteiger charge is 2.26. The smallest absolute Gasteiger partial charge is 0.313 e. The van der Waals surface area contributed by atoms with Crippen LogP contribution < -0.4 is 5.32 Å². The molecule has 1 fully saturated rings. The third kappa shape index (κ3) is 4.40. The fourth-order valence-corrected chi connectivity index (χ4v) is 3.05. The molecule has 0 radical (unpaired) electrons. The van der Waals surface area contributed by atoms with E-state index in [1.54, 1.807) is 4.90 Å². The molecule has 1 aromatic rings. The summed E-state index contributed by atoms with van der Waals surface area (Å²) in [5, 5.41) is 11.6. The summed E-state index contributed by atoms with van der Waals surface area (Å²) in [5.74, 6) is -1.10. The van der Waals surface area contributed by atoms with Crippen molar-refractivity contribution in [2.45, 2.75) is 6.92 Å². The Kier molecular flexibility index (Phi) is 6.16. The van der Waals surface area contributed by atoms with Gasteiger partial charge in [-0.05, 0) is 53.3 Å². The molecule has 0 aliphatic carbocycles. The van der Waals surface area contributed by atoms with Crippen LogP contribution >= 0.6 is 22.6 Å². The minimum Gasteiger partial charge on any atom is -0.395 e. The zero-order valence-electron chi connectivity index (χ0n) is 12.5. The van der Waals surface area contributed by atoms with Gasteiger partial charge in [0.05, 0.1) is 6.61 Å². The van der Waals surface area contributed by atoms with Crippen molar-refractivity contribution in [2.24, 2.45) is 0 Å². The fraction of sp³-hybridized carbons (Fsp3) is 0.467. The molecule has 0 bridgehead atoms. The maximum absolute atomic E-state index is 12.2. The van der Waals surface area contributed by atoms with Crippen LogP contribution in [0.25, 0.3) is 0 Å². The number of β-amino-alcohol motifs (C(OH)–C–C–N with tert-alkyl or cyclic N) is 1. The van der Waals surface area contributed by atoms with Gasteiger partial charge in [-0.2, -0.15) is 0 Å². The standard InChI is InChI=1S/C15H20IN3O3/c1-11-10-12(16)2-3-13(11)17-14(21)15(22)19-6-4-18(5-7-19)8-9-20/h2-3,10,20H,4-9H2,1H3,(H,17,21). The van der Waals surface area contributed by atoms with Crippen LogP contribution in [0.4, 0.5) is 5.69 Å². The predicted octanol–water partition coefficient (Wildman–Crippen LogP) is 0.675. The van der Waals surface area contributed by atoms with Crippen molar-refractivity contribution in [3.63, 3.8) is 0 Å². The Labute approximate surface area is 143 Å². The van der Waals surface area contributed by atoms with Crippen LogP contribution in [0.2, 0.25) is 0 Å². The number of nitrogens with one attached hydrogen (secondary N) is 1. The van der Waals surface area contributed by atoms with Crippen LogP contribution in [-0.2, 0) is 9.59 Å². The van der Waals surface area contributed by atoms with Gasteiger partial charge in [-0.1, -0.05) is 0 Å². The Morgan fingerprint density at radius 3 is 2.55 bits per heavy atom. The average Bonchev–Trinajstić information content (AvgIpc) is 2.50. The van der Waals surface area contributed by atoms with E-state index in [-0.39, 0.29) is 6.61 Å². The molecule has 2 rings (SSSR count). The van der Waals surface area contributed by atoms with Gasteiger partial charge in [0.2, 0.25) is 0 Å². The highest BCUT2D eigenvalue weighted by molar-refractivity contribution is 14.1. The van der Waals surface area contributed by atoms with Gasteiger partial charge in [-0.3, -0.25) is 14.5 Å². The highest BCUT2D eigenvalue weighted by atomic mass is 127. The van der Waals surface area contributed by atoms with Gasteiger partial charge in [-0.25, -0.2) is 0 Å². The molecule has 0 saturated carbocycles. The first-order valence-electron chi connectivity index (χ1n) is 7.21. The Balaban J connectivity index is 1.91. The number of carbonyl (C=O) groups is 2. The molecule has 0 aromatic heterocycles. The summed E-state index contributed by atoms with van der Waals surface area (Å²) in [6, 6.07) is 5.65. The average molecular weight is 417 g/mol. The van der Waals surface area contributed by atoms with Crippen molar-refractivity contribution in [3.05, 3.63) is 27.3 Å². The number of rotatable bonds is 3. The number of amides is 2. The molecule has 1 aromatic carbocycles. The summed E-state index contributed by atoms with van der Waals surface area (Å²) in [6.45, 7) is 5.01. The van der Waals surface area contributed by atoms with E-state index < -0.39 is 11.8 Å². The zero-order chi connectivity index (χ0) is 16.1. The quantitative estimate of drug-likeness (QED) is 0.561. The predicted molar refractivity (Wildman–Crippen MR) is 92.6 cm³/mol. The second kappa shape index (κ2) is 7.89. The van der Waals surface area contributed by atoms with Crippen LogP contribution in [0.15, 0.2) is 18.2 Å². The van der Waals surface area contributed by atoms with E-state index in [4.69, 9.17) is 5.11 Å². The van der Waals surface area contributed by atoms with Gasteiger partial charge < -0.3 is 15.3 Å². The molecule has 0 atom stereocenters. The van der Waals surface area contributed by atoms with Gasteiger partial charge in [0.25, 0.3) is 0 Å². The molecule has 22 heavy (non-hydrogen) atoms. The minimum atomic E-state index is -0.597. The van der Waals surface area contributed by atoms with Crippen LogP contribution in [-0.4, -0.2) is 66.1 Å². The van der Waals surface area contributed by atoms with E-state index in [0.29, 0.717) is 38.4 Å². The highest BCUT2D eigenvalue weighted by Crippen LogP contribution is 2.17. The maximum Gasteiger partial charge on any atom is 0.313 e. The van der Waals surface area contributed by atoms with Crippen molar-refractivity contribution in [3.8, 4) is 0 Å². The lowest BCUT2D eigenvalue weighted by molar-refractivity contribution is -0.144. The number of anilines is 1. The molecule has 2 N–H and O–H groups in total. The van der Waals surface area contributed by atoms with Crippen molar-refractivity contribution >= 4 is 40.1 Å². The summed E-state index contributed by atoms with van der Waals surface area (Å²) in [4.78, 5) is 27.9. The number of aryl methyl sites for hydroxylation is 1. The van der Waals surface area contributed by atoms with Crippen molar-refractivity contribution in [1.29, 1.82) is 0 Å². The summed E-state index contributed by atoms with van der Waals surface area (Å²) < 4.78 is 1.08. The van der Waals surface area contributed by atoms with E-state index >= 15 is 0 Å². The molecule has 1 aliphatic rings. The number of halogens is 1. The number of carbonyl (C=O) groups excluding carboxylic acids is 2. The van der Waals surface area contributed by atoms with Crippen molar-refractivity contribution in [2.75, 3.05) is 44.6 Å². The molecule has 2 amide bonds. The van der Waals surface area contributed by atoms with E-state index in [1.807, 2.05) is 25.1 Å². The molecule has 0 unspecified atom stereocenters. The monoisotopic (exact) mass is 417 g/mol. The summed E-state index contributed by atoms with van der Waals surface area (Å²) in [6.07, 6.45) is 0. The Bertz CT molecular complexity index is 557. The first-order valence-corrected chi connectivity index (χ1v) is 8.28. The number of nitrogens with zero attached hydrogens (tertiary/aromatic N) is 2. The number of aliphatic hydroxyl groups is 1. The zero-order valence-corrected chi connectivity index (χ0v) is 14.7. The van der Waals surface area contributed by atoms with Crippen molar-refractivity contribution < 1.29 is 14.7 Å². The van der Waals surface area contributed by atoms with Gasteiger partial charge >= 0.3 is 11.8 Å². The van der Waals surface area contributed by atoms with Crippen LogP contribution in [0.5, 0.6) is 0 Å². The summed E-state index contributed by atoms with van der Waals surface area (Å²) in [7, 11) is 0. The Morgan fingerprint density at radius 2 is 1.95 bits per heavy atom. The van der Waals surface area contributed by atoms with Gasteiger partial charge in [0.1, 0.15) is 0 Å². The Morgan fingerprint density at radius 1 is 1.27 bits per heavy atom. The number of aliphatic hydroxyl groups excluding tert-OH is 1. The molecular formula is C15H20IN3O3. The fourth-order valence-electron chi connectivity index (χ4n) is 2.40. The third-order valence-corrected chi connectivity index (χ3v) is 4.38. The van der Waals surface area contributed by atoms with E-state index in [9.17, 15) is 9.59 Å². The number of benzene rings is 1. The first-order chi connectivity index (χ1) is 10.5. The molecule has 1 heterocycles. The topological polar surface area (TPSA) is 72.9 Å². The third-order valence-electron chi connectivity index (χ3n) is 3.71. The molecular weight excluding hydrogens is 397 g/mol. The summed E-state index contributed by atoms with van der Waals surface area (Å²) in [5.41, 5.74) is 1.60. The lowest BCUT2D eigenvalue weighted by atomic mass is 10.2. The molecule has 0 spiro atoms. The Hall–Kier alpha value is -1.19. The summed E-state index contributed by atoms with van der Waals surface area (Å²) >= 11 is 2.20. The second-order valence-corrected chi connectivity index (χ2v) is 6.52. The lowest BCUT2D eigenvalue weighted by Gasteiger charge is -2.33. The van der Waals surface area contributed by atoms with Crippen LogP contribution in [0.3, 0.4) is 0 Å². The van der Waals surface area contributed by atoms with E-state index in [1.165, 1.54) is 0 Å². The number of piperazine rings is 1. The molecule has 6 nitrogen and oxygen atoms in total. The molecule has 120 valence electrons. The number of hydrogen-bond acceptors (Lipinski definition) is 4. The van der Waals surface area contributed by atoms with Gasteiger partial charge in [-0.15, -0.1) is 0 Å². The maximum atomic E-state index is 12.2. The lowest BCUT2D eigenvalue weighted by Crippen LogP contribution is -2.52. The normalized spacial score (nSPS) is 15.7. The van der Waals surface area contributed by atoms with Gasteiger partial charge in [0.15, 0.2) is 0 Å². The largest absolute Gasteiger partial charge is 0.395 e. The van der Waals surface area contributed by atoms with Gasteiger partial charge in [0, 0.05) is 42.0 Å². The van der Waals surface area contributed by atoms with E-state index in [2.05, 4.69) is 32.8 Å². The van der Waals surface area contributed by atoms with E-state index in [0.717, 1.165) is 9.13 Å². The molecule has 1 aliphatic heterocycles. The SMILES string of the molecule is Cc1cc(I)ccc1NC(=O)C(=O)N1CCN(CCO)CC1. The first kappa shape index (κ1) is 17.2. The second-order valence-electron chi connectivity index (χ2n) is 5.27. The van der Waals surface area contributed by atoms with Crippen LogP contribution in [0.1, 0.15) is 5.56 Å². The van der Waals surface area contributed by atoms with Crippen molar-refractivity contribution in [1.82, 2.24) is 9.80 Å².